The number of aliphatic hydroxyl groups is 2. The molecule has 0 spiro atoms. The van der Waals surface area contributed by atoms with Crippen molar-refractivity contribution < 1.29 is 10.2 Å². The molecule has 3 nitrogen and oxygen atoms in total. The molecule has 3 unspecified atom stereocenters. The maximum absolute atomic E-state index is 10.5. The number of hydrogen-bond donors (Lipinski definition) is 3. The summed E-state index contributed by atoms with van der Waals surface area (Å²) in [6, 6.07) is -0.0353. The van der Waals surface area contributed by atoms with Gasteiger partial charge in [-0.25, -0.2) is 0 Å². The van der Waals surface area contributed by atoms with E-state index in [1.54, 1.807) is 0 Å². The first-order valence-corrected chi connectivity index (χ1v) is 22.2. The maximum atomic E-state index is 10.5. The number of nitrogens with one attached hydrogen (secondary N) is 1. The molecule has 0 saturated heterocycles. The molecule has 47 heavy (non-hydrogen) atoms. The molecule has 0 fully saturated rings. The average Bonchev–Trinajstić information content (AvgIpc) is 3.08. The third-order valence-electron chi connectivity index (χ3n) is 10.8. The third kappa shape index (κ3) is 37.0. The molecule has 0 radical (unpaired) electrons. The van der Waals surface area contributed by atoms with Gasteiger partial charge < -0.3 is 15.5 Å². The van der Waals surface area contributed by atoms with E-state index in [2.05, 4.69) is 19.2 Å². The second-order valence-electron chi connectivity index (χ2n) is 15.6. The largest absolute Gasteiger partial charge is 0.390 e. The first kappa shape index (κ1) is 46.9. The maximum Gasteiger partial charge on any atom is 0.0948 e. The zero-order valence-electron chi connectivity index (χ0n) is 33.0. The van der Waals surface area contributed by atoms with Crippen molar-refractivity contribution >= 4 is 0 Å². The van der Waals surface area contributed by atoms with Crippen molar-refractivity contribution in [2.45, 2.75) is 277 Å². The SMILES string of the molecule is CCCCCCCCCCCCCCCCCCCCCCCCCCNC(C)C(O)C(O)CCCCCCCCCCCCCC. The van der Waals surface area contributed by atoms with Crippen LogP contribution in [0.4, 0.5) is 0 Å². The molecule has 0 aromatic rings. The van der Waals surface area contributed by atoms with Crippen LogP contribution in [0, 0.1) is 0 Å². The van der Waals surface area contributed by atoms with E-state index >= 15 is 0 Å². The molecular formula is C44H91NO2. The lowest BCUT2D eigenvalue weighted by atomic mass is 9.99. The third-order valence-corrected chi connectivity index (χ3v) is 10.8. The summed E-state index contributed by atoms with van der Waals surface area (Å²) in [7, 11) is 0. The summed E-state index contributed by atoms with van der Waals surface area (Å²) in [5.74, 6) is 0. The fraction of sp³-hybridized carbons (Fsp3) is 1.00. The van der Waals surface area contributed by atoms with Crippen molar-refractivity contribution in [1.29, 1.82) is 0 Å². The van der Waals surface area contributed by atoms with Gasteiger partial charge in [0.1, 0.15) is 0 Å². The van der Waals surface area contributed by atoms with Gasteiger partial charge in [0, 0.05) is 6.04 Å². The Kier molecular flexibility index (Phi) is 40.2. The summed E-state index contributed by atoms with van der Waals surface area (Å²) in [6.07, 6.45) is 49.5. The molecule has 0 amide bonds. The van der Waals surface area contributed by atoms with E-state index in [0.29, 0.717) is 0 Å². The van der Waals surface area contributed by atoms with E-state index in [1.807, 2.05) is 6.92 Å². The molecule has 3 N–H and O–H groups in total. The van der Waals surface area contributed by atoms with Crippen molar-refractivity contribution in [3.05, 3.63) is 0 Å². The monoisotopic (exact) mass is 666 g/mol. The minimum atomic E-state index is -0.655. The first-order chi connectivity index (χ1) is 23.1. The summed E-state index contributed by atoms with van der Waals surface area (Å²) in [4.78, 5) is 0. The van der Waals surface area contributed by atoms with E-state index in [1.165, 1.54) is 225 Å². The zero-order valence-corrected chi connectivity index (χ0v) is 33.0. The van der Waals surface area contributed by atoms with Crippen LogP contribution in [0.2, 0.25) is 0 Å². The molecule has 3 heteroatoms. The molecule has 0 aliphatic carbocycles. The highest BCUT2D eigenvalue weighted by Crippen LogP contribution is 2.17. The molecule has 284 valence electrons. The van der Waals surface area contributed by atoms with E-state index in [0.717, 1.165) is 19.4 Å². The van der Waals surface area contributed by atoms with Gasteiger partial charge in [0.25, 0.3) is 0 Å². The molecule has 0 aromatic carbocycles. The Morgan fingerprint density at radius 1 is 0.340 bits per heavy atom. The van der Waals surface area contributed by atoms with Gasteiger partial charge >= 0.3 is 0 Å². The minimum absolute atomic E-state index is 0.0353. The highest BCUT2D eigenvalue weighted by Gasteiger charge is 2.21. The number of aliphatic hydroxyl groups excluding tert-OH is 2. The van der Waals surface area contributed by atoms with Gasteiger partial charge in [-0.1, -0.05) is 239 Å². The molecule has 0 heterocycles. The summed E-state index contributed by atoms with van der Waals surface area (Å²) in [6.45, 7) is 7.55. The second kappa shape index (κ2) is 40.3. The van der Waals surface area contributed by atoms with E-state index < -0.39 is 12.2 Å². The summed E-state index contributed by atoms with van der Waals surface area (Å²) in [5, 5.41) is 24.5. The van der Waals surface area contributed by atoms with E-state index in [4.69, 9.17) is 0 Å². The van der Waals surface area contributed by atoms with Gasteiger partial charge in [-0.15, -0.1) is 0 Å². The zero-order chi connectivity index (χ0) is 34.3. The number of hydrogen-bond acceptors (Lipinski definition) is 3. The number of unbranched alkanes of at least 4 members (excludes halogenated alkanes) is 34. The minimum Gasteiger partial charge on any atom is -0.390 e. The van der Waals surface area contributed by atoms with Crippen LogP contribution >= 0.6 is 0 Å². The van der Waals surface area contributed by atoms with Crippen LogP contribution in [-0.2, 0) is 0 Å². The Morgan fingerprint density at radius 3 is 0.851 bits per heavy atom. The van der Waals surface area contributed by atoms with Crippen LogP contribution in [-0.4, -0.2) is 35.0 Å². The van der Waals surface area contributed by atoms with Crippen LogP contribution in [0.1, 0.15) is 258 Å². The van der Waals surface area contributed by atoms with Gasteiger partial charge in [0.2, 0.25) is 0 Å². The van der Waals surface area contributed by atoms with Gasteiger partial charge in [0.05, 0.1) is 12.2 Å². The fourth-order valence-electron chi connectivity index (χ4n) is 7.24. The van der Waals surface area contributed by atoms with Crippen molar-refractivity contribution in [2.75, 3.05) is 6.54 Å². The average molecular weight is 666 g/mol. The molecule has 0 aliphatic rings. The summed E-state index contributed by atoms with van der Waals surface area (Å²) < 4.78 is 0. The van der Waals surface area contributed by atoms with Crippen LogP contribution in [0.3, 0.4) is 0 Å². The molecule has 0 rings (SSSR count). The molecule has 3 atom stereocenters. The second-order valence-corrected chi connectivity index (χ2v) is 15.6. The Hall–Kier alpha value is -0.120. The summed E-state index contributed by atoms with van der Waals surface area (Å²) in [5.41, 5.74) is 0. The Morgan fingerprint density at radius 2 is 0.574 bits per heavy atom. The van der Waals surface area contributed by atoms with Crippen molar-refractivity contribution in [3.63, 3.8) is 0 Å². The van der Waals surface area contributed by atoms with Crippen molar-refractivity contribution in [3.8, 4) is 0 Å². The van der Waals surface area contributed by atoms with Gasteiger partial charge in [-0.2, -0.15) is 0 Å². The highest BCUT2D eigenvalue weighted by molar-refractivity contribution is 4.78. The lowest BCUT2D eigenvalue weighted by Crippen LogP contribution is -2.44. The standard InChI is InChI=1S/C44H91NO2/c1-4-6-8-10-12-14-16-18-19-20-21-22-23-24-25-26-27-28-29-31-33-35-37-39-41-45-42(3)44(47)43(46)40-38-36-34-32-30-17-15-13-11-9-7-5-2/h42-47H,4-41H2,1-3H3. The Labute approximate surface area is 298 Å². The van der Waals surface area contributed by atoms with Crippen LogP contribution < -0.4 is 5.32 Å². The van der Waals surface area contributed by atoms with Crippen LogP contribution in [0.25, 0.3) is 0 Å². The van der Waals surface area contributed by atoms with Crippen molar-refractivity contribution in [1.82, 2.24) is 5.32 Å². The molecular weight excluding hydrogens is 574 g/mol. The lowest BCUT2D eigenvalue weighted by Gasteiger charge is -2.25. The molecule has 0 bridgehead atoms. The summed E-state index contributed by atoms with van der Waals surface area (Å²) >= 11 is 0. The number of rotatable bonds is 41. The van der Waals surface area contributed by atoms with Gasteiger partial charge in [-0.3, -0.25) is 0 Å². The predicted octanol–water partition coefficient (Wildman–Crippen LogP) is 14.2. The van der Waals surface area contributed by atoms with Crippen LogP contribution in [0.15, 0.2) is 0 Å². The topological polar surface area (TPSA) is 52.5 Å². The van der Waals surface area contributed by atoms with Gasteiger partial charge in [0.15, 0.2) is 0 Å². The Balaban J connectivity index is 3.32. The van der Waals surface area contributed by atoms with E-state index in [-0.39, 0.29) is 6.04 Å². The normalized spacial score (nSPS) is 13.7. The quantitative estimate of drug-likeness (QED) is 0.0570. The molecule has 0 saturated carbocycles. The Bertz CT molecular complexity index is 555. The van der Waals surface area contributed by atoms with E-state index in [9.17, 15) is 10.2 Å². The smallest absolute Gasteiger partial charge is 0.0948 e. The predicted molar refractivity (Wildman–Crippen MR) is 212 cm³/mol. The van der Waals surface area contributed by atoms with Crippen LogP contribution in [0.5, 0.6) is 0 Å². The first-order valence-electron chi connectivity index (χ1n) is 22.2. The van der Waals surface area contributed by atoms with Crippen molar-refractivity contribution in [2.24, 2.45) is 0 Å². The molecule has 0 aliphatic heterocycles. The lowest BCUT2D eigenvalue weighted by molar-refractivity contribution is -0.00556. The van der Waals surface area contributed by atoms with Gasteiger partial charge in [-0.05, 0) is 26.3 Å². The fourth-order valence-corrected chi connectivity index (χ4v) is 7.24. The molecule has 0 aromatic heterocycles. The highest BCUT2D eigenvalue weighted by atomic mass is 16.3.